The molecule has 31 heavy (non-hydrogen) atoms. The Morgan fingerprint density at radius 1 is 0.774 bits per heavy atom. The molecule has 2 aromatic rings. The van der Waals surface area contributed by atoms with Crippen LogP contribution in [0.3, 0.4) is 0 Å². The van der Waals surface area contributed by atoms with Gasteiger partial charge >= 0.3 is 0 Å². The summed E-state index contributed by atoms with van der Waals surface area (Å²) in [5, 5.41) is 3.24. The van der Waals surface area contributed by atoms with Crippen LogP contribution in [0.2, 0.25) is 0 Å². The highest BCUT2D eigenvalue weighted by Crippen LogP contribution is 2.32. The summed E-state index contributed by atoms with van der Waals surface area (Å²) in [7, 11) is 2.04. The van der Waals surface area contributed by atoms with Gasteiger partial charge < -0.3 is 5.32 Å². The highest BCUT2D eigenvalue weighted by molar-refractivity contribution is 5.65. The van der Waals surface area contributed by atoms with Gasteiger partial charge in [-0.2, -0.15) is 0 Å². The topological polar surface area (TPSA) is 12.0 Å². The minimum Gasteiger partial charge on any atom is -0.319 e. The van der Waals surface area contributed by atoms with Gasteiger partial charge in [-0.15, -0.1) is 0 Å². The summed E-state index contributed by atoms with van der Waals surface area (Å²) >= 11 is 0. The van der Waals surface area contributed by atoms with E-state index in [0.29, 0.717) is 0 Å². The van der Waals surface area contributed by atoms with Crippen molar-refractivity contribution in [3.05, 3.63) is 59.2 Å². The van der Waals surface area contributed by atoms with Gasteiger partial charge in [-0.3, -0.25) is 0 Å². The Bertz CT molecular complexity index is 795. The van der Waals surface area contributed by atoms with E-state index in [9.17, 15) is 26.3 Å². The van der Waals surface area contributed by atoms with Crippen LogP contribution in [0.4, 0.5) is 26.3 Å². The van der Waals surface area contributed by atoms with E-state index in [1.165, 1.54) is 50.8 Å². The van der Waals surface area contributed by atoms with E-state index in [1.807, 2.05) is 7.05 Å². The maximum atomic E-state index is 13.4. The Balaban J connectivity index is 0.000000330. The highest BCUT2D eigenvalue weighted by atomic mass is 19.2. The Morgan fingerprint density at radius 3 is 1.81 bits per heavy atom. The first-order valence-electron chi connectivity index (χ1n) is 10.6. The molecule has 174 valence electrons. The smallest absolute Gasteiger partial charge is 0.200 e. The standard InChI is InChI=1S/C12H4F6.C12H27N/c13-6-4-2-1-3-5(6)7-8(14)10(16)12(18)11(17)9(7)15;1-5-7-12(6-2)9-8-11(3)10-13-4/h1-4H;11-13H,5-10H2,1-4H3. The van der Waals surface area contributed by atoms with Crippen molar-refractivity contribution in [3.8, 4) is 11.1 Å². The molecule has 0 amide bonds. The Hall–Kier alpha value is -2.02. The summed E-state index contributed by atoms with van der Waals surface area (Å²) < 4.78 is 78.8. The number of rotatable bonds is 9. The first kappa shape index (κ1) is 27.0. The van der Waals surface area contributed by atoms with Gasteiger partial charge in [0.2, 0.25) is 5.82 Å². The number of halogens is 6. The lowest BCUT2D eigenvalue weighted by atomic mass is 9.91. The van der Waals surface area contributed by atoms with Crippen molar-refractivity contribution in [2.24, 2.45) is 11.8 Å². The third kappa shape index (κ3) is 7.56. The van der Waals surface area contributed by atoms with E-state index >= 15 is 0 Å². The lowest BCUT2D eigenvalue weighted by Gasteiger charge is -2.16. The fraction of sp³-hybridized carbons (Fsp3) is 0.500. The molecule has 1 N–H and O–H groups in total. The molecule has 0 heterocycles. The predicted molar refractivity (Wildman–Crippen MR) is 113 cm³/mol. The van der Waals surface area contributed by atoms with Crippen molar-refractivity contribution in [2.75, 3.05) is 13.6 Å². The Morgan fingerprint density at radius 2 is 1.32 bits per heavy atom. The summed E-state index contributed by atoms with van der Waals surface area (Å²) in [5.41, 5.74) is -1.96. The average Bonchev–Trinajstić information content (AvgIpc) is 2.76. The zero-order valence-electron chi connectivity index (χ0n) is 18.5. The predicted octanol–water partition coefficient (Wildman–Crippen LogP) is 7.64. The van der Waals surface area contributed by atoms with E-state index in [0.717, 1.165) is 24.0 Å². The molecule has 0 saturated carbocycles. The van der Waals surface area contributed by atoms with E-state index in [2.05, 4.69) is 26.1 Å². The van der Waals surface area contributed by atoms with Gasteiger partial charge in [0.15, 0.2) is 23.3 Å². The maximum Gasteiger partial charge on any atom is 0.200 e. The fourth-order valence-corrected chi connectivity index (χ4v) is 3.44. The molecule has 0 radical (unpaired) electrons. The van der Waals surface area contributed by atoms with Crippen LogP contribution in [0.5, 0.6) is 0 Å². The number of benzene rings is 2. The largest absolute Gasteiger partial charge is 0.319 e. The molecular weight excluding hydrogens is 416 g/mol. The molecule has 2 unspecified atom stereocenters. The van der Waals surface area contributed by atoms with Crippen LogP contribution < -0.4 is 5.32 Å². The van der Waals surface area contributed by atoms with Gasteiger partial charge in [-0.05, 0) is 37.9 Å². The van der Waals surface area contributed by atoms with Crippen molar-refractivity contribution < 1.29 is 26.3 Å². The third-order valence-electron chi connectivity index (χ3n) is 5.25. The van der Waals surface area contributed by atoms with Crippen LogP contribution in [0.15, 0.2) is 24.3 Å². The summed E-state index contributed by atoms with van der Waals surface area (Å²) in [6, 6.07) is 4.22. The van der Waals surface area contributed by atoms with Crippen molar-refractivity contribution in [1.82, 2.24) is 5.32 Å². The van der Waals surface area contributed by atoms with Crippen LogP contribution in [0.1, 0.15) is 52.9 Å². The molecule has 0 spiro atoms. The quantitative estimate of drug-likeness (QED) is 0.237. The summed E-state index contributed by atoms with van der Waals surface area (Å²) in [5.74, 6) is -9.86. The van der Waals surface area contributed by atoms with Gasteiger partial charge in [-0.1, -0.05) is 64.7 Å². The molecule has 1 nitrogen and oxygen atoms in total. The van der Waals surface area contributed by atoms with Crippen LogP contribution in [-0.2, 0) is 0 Å². The zero-order valence-corrected chi connectivity index (χ0v) is 18.5. The van der Waals surface area contributed by atoms with Crippen molar-refractivity contribution >= 4 is 0 Å². The minimum absolute atomic E-state index is 0.690. The van der Waals surface area contributed by atoms with Crippen LogP contribution >= 0.6 is 0 Å². The molecule has 0 aliphatic rings. The molecule has 2 aromatic carbocycles. The SMILES string of the molecule is CCCC(CC)CCC(C)CNC.Fc1ccccc1-c1c(F)c(F)c(F)c(F)c1F. The van der Waals surface area contributed by atoms with Crippen LogP contribution in [0, 0.1) is 46.7 Å². The second-order valence-corrected chi connectivity index (χ2v) is 7.73. The first-order chi connectivity index (χ1) is 14.7. The lowest BCUT2D eigenvalue weighted by Crippen LogP contribution is -2.17. The highest BCUT2D eigenvalue weighted by Gasteiger charge is 2.27. The number of nitrogens with one attached hydrogen (secondary N) is 1. The van der Waals surface area contributed by atoms with E-state index in [-0.39, 0.29) is 0 Å². The first-order valence-corrected chi connectivity index (χ1v) is 10.6. The second-order valence-electron chi connectivity index (χ2n) is 7.73. The number of hydrogen-bond acceptors (Lipinski definition) is 1. The van der Waals surface area contributed by atoms with Gasteiger partial charge in [0.25, 0.3) is 0 Å². The van der Waals surface area contributed by atoms with Gasteiger partial charge in [-0.25, -0.2) is 26.3 Å². The van der Waals surface area contributed by atoms with E-state index in [1.54, 1.807) is 0 Å². The molecule has 0 aliphatic carbocycles. The fourth-order valence-electron chi connectivity index (χ4n) is 3.44. The lowest BCUT2D eigenvalue weighted by molar-refractivity contribution is 0.372. The molecule has 2 rings (SSSR count). The maximum absolute atomic E-state index is 13.4. The van der Waals surface area contributed by atoms with Crippen LogP contribution in [0.25, 0.3) is 11.1 Å². The molecule has 0 bridgehead atoms. The van der Waals surface area contributed by atoms with Crippen molar-refractivity contribution in [2.45, 2.75) is 52.9 Å². The van der Waals surface area contributed by atoms with Gasteiger partial charge in [0.1, 0.15) is 5.82 Å². The van der Waals surface area contributed by atoms with E-state index in [4.69, 9.17) is 0 Å². The molecule has 0 aliphatic heterocycles. The molecule has 0 saturated heterocycles. The van der Waals surface area contributed by atoms with Crippen molar-refractivity contribution in [3.63, 3.8) is 0 Å². The zero-order chi connectivity index (χ0) is 23.6. The second kappa shape index (κ2) is 13.4. The molecular formula is C24H31F6N. The summed E-state index contributed by atoms with van der Waals surface area (Å²) in [6.07, 6.45) is 6.94. The molecule has 7 heteroatoms. The normalized spacial score (nSPS) is 12.8. The van der Waals surface area contributed by atoms with Crippen LogP contribution in [-0.4, -0.2) is 13.6 Å². The Labute approximate surface area is 180 Å². The third-order valence-corrected chi connectivity index (χ3v) is 5.25. The number of hydrogen-bond donors (Lipinski definition) is 1. The molecule has 0 aromatic heterocycles. The molecule has 0 fully saturated rings. The van der Waals surface area contributed by atoms with E-state index < -0.39 is 46.0 Å². The Kier molecular flexibility index (Phi) is 11.7. The molecule has 2 atom stereocenters. The summed E-state index contributed by atoms with van der Waals surface area (Å²) in [4.78, 5) is 0. The van der Waals surface area contributed by atoms with Crippen molar-refractivity contribution in [1.29, 1.82) is 0 Å². The van der Waals surface area contributed by atoms with Gasteiger partial charge in [0, 0.05) is 5.56 Å². The summed E-state index contributed by atoms with van der Waals surface area (Å²) in [6.45, 7) is 8.13. The average molecular weight is 448 g/mol. The monoisotopic (exact) mass is 447 g/mol. The van der Waals surface area contributed by atoms with Gasteiger partial charge in [0.05, 0.1) is 5.56 Å². The minimum atomic E-state index is -2.27.